The van der Waals surface area contributed by atoms with Crippen LogP contribution >= 0.6 is 0 Å². The molecule has 4 aliphatic rings. The summed E-state index contributed by atoms with van der Waals surface area (Å²) in [4.78, 5) is 14.2. The van der Waals surface area contributed by atoms with Gasteiger partial charge in [0.25, 0.3) is 0 Å². The quantitative estimate of drug-likeness (QED) is 0.857. The predicted molar refractivity (Wildman–Crippen MR) is 84.2 cm³/mol. The van der Waals surface area contributed by atoms with E-state index in [1.54, 1.807) is 6.92 Å². The summed E-state index contributed by atoms with van der Waals surface area (Å²) in [6.45, 7) is 2.85. The molecule has 124 valence electrons. The van der Waals surface area contributed by atoms with Crippen molar-refractivity contribution in [2.24, 2.45) is 23.7 Å². The van der Waals surface area contributed by atoms with E-state index in [0.29, 0.717) is 32.0 Å². The van der Waals surface area contributed by atoms with Crippen molar-refractivity contribution in [2.45, 2.75) is 50.3 Å². The molecule has 2 amide bonds. The molecule has 0 radical (unpaired) electrons. The molecule has 1 saturated heterocycles. The van der Waals surface area contributed by atoms with Crippen LogP contribution in [0.4, 0.5) is 4.79 Å². The van der Waals surface area contributed by atoms with Crippen molar-refractivity contribution in [1.82, 2.24) is 10.2 Å². The summed E-state index contributed by atoms with van der Waals surface area (Å²) in [6, 6.07) is 0.446. The Hall–Kier alpha value is -0.780. The van der Waals surface area contributed by atoms with E-state index in [-0.39, 0.29) is 17.0 Å². The molecule has 4 fully saturated rings. The molecule has 0 aromatic rings. The van der Waals surface area contributed by atoms with Crippen molar-refractivity contribution in [3.8, 4) is 0 Å². The Morgan fingerprint density at radius 3 is 2.23 bits per heavy atom. The van der Waals surface area contributed by atoms with Crippen LogP contribution in [0.5, 0.6) is 0 Å². The Morgan fingerprint density at radius 2 is 1.68 bits per heavy atom. The topological polar surface area (TPSA) is 66.5 Å². The first-order valence-electron chi connectivity index (χ1n) is 8.78. The fourth-order valence-corrected chi connectivity index (χ4v) is 6.81. The summed E-state index contributed by atoms with van der Waals surface area (Å²) in [7, 11) is -2.96. The third kappa shape index (κ3) is 2.25. The first-order valence-corrected chi connectivity index (χ1v) is 10.5. The standard InChI is InChI=1S/C16H26N2O3S/c1-2-22(20,21)12-5-7-18(8-6-12)16(19)17-15-13-10-3-4-11(9-10)14(13)15/h10-15H,2-9H2,1H3,(H,17,19)/t10-,11-,13-,14-/m0/s1. The van der Waals surface area contributed by atoms with Gasteiger partial charge in [-0.1, -0.05) is 6.92 Å². The SMILES string of the molecule is CCS(=O)(=O)C1CCN(C(=O)NC2[C@H]3[C@H]4CC[C@@H](C4)[C@H]23)CC1. The second-order valence-corrected chi connectivity index (χ2v) is 10.2. The zero-order valence-corrected chi connectivity index (χ0v) is 14.0. The lowest BCUT2D eigenvalue weighted by atomic mass is 10.0. The number of piperidine rings is 1. The van der Waals surface area contributed by atoms with Gasteiger partial charge in [-0.3, -0.25) is 0 Å². The van der Waals surface area contributed by atoms with Gasteiger partial charge in [0, 0.05) is 24.9 Å². The van der Waals surface area contributed by atoms with Crippen LogP contribution in [0.25, 0.3) is 0 Å². The highest BCUT2D eigenvalue weighted by Gasteiger charge is 2.65. The van der Waals surface area contributed by atoms with Crippen LogP contribution in [0.3, 0.4) is 0 Å². The van der Waals surface area contributed by atoms with Gasteiger partial charge in [-0.15, -0.1) is 0 Å². The monoisotopic (exact) mass is 326 g/mol. The van der Waals surface area contributed by atoms with Crippen molar-refractivity contribution in [2.75, 3.05) is 18.8 Å². The molecule has 1 aliphatic heterocycles. The van der Waals surface area contributed by atoms with Gasteiger partial charge in [0.15, 0.2) is 9.84 Å². The summed E-state index contributed by atoms with van der Waals surface area (Å²) in [5, 5.41) is 2.98. The number of fused-ring (bicyclic) bond motifs is 5. The predicted octanol–water partition coefficient (Wildman–Crippen LogP) is 1.64. The maximum absolute atomic E-state index is 12.4. The van der Waals surface area contributed by atoms with Crippen LogP contribution in [0, 0.1) is 23.7 Å². The van der Waals surface area contributed by atoms with Crippen molar-refractivity contribution in [3.63, 3.8) is 0 Å². The molecule has 0 aromatic carbocycles. The zero-order valence-electron chi connectivity index (χ0n) is 13.2. The summed E-state index contributed by atoms with van der Waals surface area (Å²) < 4.78 is 23.8. The third-order valence-corrected chi connectivity index (χ3v) is 8.96. The van der Waals surface area contributed by atoms with Crippen LogP contribution in [-0.2, 0) is 9.84 Å². The lowest BCUT2D eigenvalue weighted by molar-refractivity contribution is 0.184. The van der Waals surface area contributed by atoms with Gasteiger partial charge in [-0.25, -0.2) is 13.2 Å². The van der Waals surface area contributed by atoms with Gasteiger partial charge in [0.05, 0.1) is 5.25 Å². The molecule has 0 spiro atoms. The molecule has 22 heavy (non-hydrogen) atoms. The van der Waals surface area contributed by atoms with Crippen LogP contribution in [0.1, 0.15) is 39.0 Å². The van der Waals surface area contributed by atoms with Crippen LogP contribution in [-0.4, -0.2) is 49.5 Å². The maximum atomic E-state index is 12.4. The van der Waals surface area contributed by atoms with E-state index < -0.39 is 9.84 Å². The van der Waals surface area contributed by atoms with Crippen molar-refractivity contribution >= 4 is 15.9 Å². The first-order chi connectivity index (χ1) is 10.5. The minimum atomic E-state index is -2.96. The minimum absolute atomic E-state index is 0.0335. The molecule has 2 bridgehead atoms. The molecule has 5 nitrogen and oxygen atoms in total. The van der Waals surface area contributed by atoms with E-state index in [4.69, 9.17) is 0 Å². The molecule has 0 unspecified atom stereocenters. The molecule has 0 aromatic heterocycles. The summed E-state index contributed by atoms with van der Waals surface area (Å²) in [6.07, 6.45) is 5.29. The average molecular weight is 326 g/mol. The van der Waals surface area contributed by atoms with E-state index >= 15 is 0 Å². The van der Waals surface area contributed by atoms with Gasteiger partial charge in [-0.05, 0) is 55.8 Å². The Balaban J connectivity index is 1.29. The number of likely N-dealkylation sites (tertiary alicyclic amines) is 1. The largest absolute Gasteiger partial charge is 0.335 e. The van der Waals surface area contributed by atoms with Crippen molar-refractivity contribution in [3.05, 3.63) is 0 Å². The normalized spacial score (nSPS) is 40.6. The third-order valence-electron chi connectivity index (χ3n) is 6.66. The van der Waals surface area contributed by atoms with Gasteiger partial charge < -0.3 is 10.2 Å². The zero-order chi connectivity index (χ0) is 15.5. The molecule has 3 aliphatic carbocycles. The Labute approximate surface area is 132 Å². The van der Waals surface area contributed by atoms with E-state index in [0.717, 1.165) is 23.7 Å². The highest BCUT2D eigenvalue weighted by Crippen LogP contribution is 2.65. The summed E-state index contributed by atoms with van der Waals surface area (Å²) >= 11 is 0. The van der Waals surface area contributed by atoms with E-state index in [9.17, 15) is 13.2 Å². The highest BCUT2D eigenvalue weighted by atomic mass is 32.2. The van der Waals surface area contributed by atoms with Gasteiger partial charge in [-0.2, -0.15) is 0 Å². The number of nitrogens with one attached hydrogen (secondary N) is 1. The Morgan fingerprint density at radius 1 is 1.09 bits per heavy atom. The maximum Gasteiger partial charge on any atom is 0.317 e. The highest BCUT2D eigenvalue weighted by molar-refractivity contribution is 7.92. The fourth-order valence-electron chi connectivity index (χ4n) is 5.41. The molecule has 1 N–H and O–H groups in total. The smallest absolute Gasteiger partial charge is 0.317 e. The molecule has 4 atom stereocenters. The number of amides is 2. The van der Waals surface area contributed by atoms with E-state index in [2.05, 4.69) is 5.32 Å². The number of hydrogen-bond acceptors (Lipinski definition) is 3. The number of hydrogen-bond donors (Lipinski definition) is 1. The molecular weight excluding hydrogens is 300 g/mol. The lowest BCUT2D eigenvalue weighted by Gasteiger charge is -2.32. The summed E-state index contributed by atoms with van der Waals surface area (Å²) in [5.41, 5.74) is 0. The Kier molecular flexibility index (Phi) is 3.44. The number of urea groups is 1. The first kappa shape index (κ1) is 14.8. The molecular formula is C16H26N2O3S. The molecule has 1 heterocycles. The number of sulfone groups is 1. The number of nitrogens with zero attached hydrogens (tertiary/aromatic N) is 1. The van der Waals surface area contributed by atoms with E-state index in [1.807, 2.05) is 4.90 Å². The number of carbonyl (C=O) groups excluding carboxylic acids is 1. The van der Waals surface area contributed by atoms with E-state index in [1.165, 1.54) is 19.3 Å². The van der Waals surface area contributed by atoms with Gasteiger partial charge in [0.1, 0.15) is 0 Å². The van der Waals surface area contributed by atoms with Crippen LogP contribution in [0.2, 0.25) is 0 Å². The van der Waals surface area contributed by atoms with Crippen LogP contribution < -0.4 is 5.32 Å². The van der Waals surface area contributed by atoms with Crippen molar-refractivity contribution < 1.29 is 13.2 Å². The second kappa shape index (κ2) is 5.11. The van der Waals surface area contributed by atoms with Crippen molar-refractivity contribution in [1.29, 1.82) is 0 Å². The fraction of sp³-hybridized carbons (Fsp3) is 0.938. The molecule has 3 saturated carbocycles. The number of rotatable bonds is 3. The van der Waals surface area contributed by atoms with Gasteiger partial charge >= 0.3 is 6.03 Å². The number of carbonyl (C=O) groups is 1. The second-order valence-electron chi connectivity index (χ2n) is 7.60. The minimum Gasteiger partial charge on any atom is -0.335 e. The van der Waals surface area contributed by atoms with Crippen LogP contribution in [0.15, 0.2) is 0 Å². The molecule has 4 rings (SSSR count). The lowest BCUT2D eigenvalue weighted by Crippen LogP contribution is -2.48. The van der Waals surface area contributed by atoms with Gasteiger partial charge in [0.2, 0.25) is 0 Å². The summed E-state index contributed by atoms with van der Waals surface area (Å²) in [5.74, 6) is 3.43. The average Bonchev–Trinajstić information content (AvgIpc) is 2.92. The molecule has 6 heteroatoms. The Bertz CT molecular complexity index is 552.